The Balaban J connectivity index is 1.45. The smallest absolute Gasteiger partial charge is 0.416 e. The molecule has 2 aromatic carbocycles. The van der Waals surface area contributed by atoms with Gasteiger partial charge < -0.3 is 10.1 Å². The van der Waals surface area contributed by atoms with Gasteiger partial charge in [0, 0.05) is 19.0 Å². The highest BCUT2D eigenvalue weighted by molar-refractivity contribution is 5.87. The zero-order valence-electron chi connectivity index (χ0n) is 14.8. The molecule has 1 unspecified atom stereocenters. The fourth-order valence-corrected chi connectivity index (χ4v) is 3.61. The molecule has 1 aliphatic rings. The molecule has 1 atom stereocenters. The lowest BCUT2D eigenvalue weighted by Crippen LogP contribution is -2.20. The van der Waals surface area contributed by atoms with E-state index in [2.05, 4.69) is 14.9 Å². The van der Waals surface area contributed by atoms with Gasteiger partial charge >= 0.3 is 12.1 Å². The Morgan fingerprint density at radius 2 is 1.96 bits per heavy atom. The number of likely N-dealkylation sites (tertiary alicyclic amines) is 1. The number of aromatic carboxylic acids is 1. The number of alkyl halides is 3. The summed E-state index contributed by atoms with van der Waals surface area (Å²) in [5.74, 6) is -0.121. The fourth-order valence-electron chi connectivity index (χ4n) is 3.61. The van der Waals surface area contributed by atoms with Crippen LogP contribution in [0.25, 0.3) is 11.0 Å². The molecule has 1 saturated heterocycles. The molecule has 1 aromatic heterocycles. The Bertz CT molecular complexity index is 1010. The predicted molar refractivity (Wildman–Crippen MR) is 97.1 cm³/mol. The number of hydrogen-bond donors (Lipinski definition) is 2. The van der Waals surface area contributed by atoms with Crippen LogP contribution in [0.3, 0.4) is 0 Å². The zero-order chi connectivity index (χ0) is 19.9. The average molecular weight is 389 g/mol. The monoisotopic (exact) mass is 389 g/mol. The second kappa shape index (κ2) is 6.94. The molecule has 3 aromatic rings. The summed E-state index contributed by atoms with van der Waals surface area (Å²) < 4.78 is 38.6. The van der Waals surface area contributed by atoms with Gasteiger partial charge in [0.25, 0.3) is 0 Å². The van der Waals surface area contributed by atoms with Crippen molar-refractivity contribution >= 4 is 17.0 Å². The third kappa shape index (κ3) is 3.73. The van der Waals surface area contributed by atoms with Crippen LogP contribution < -0.4 is 0 Å². The topological polar surface area (TPSA) is 69.2 Å². The van der Waals surface area contributed by atoms with Crippen LogP contribution in [-0.2, 0) is 12.7 Å². The lowest BCUT2D eigenvalue weighted by atomic mass is 10.1. The Labute approximate surface area is 158 Å². The summed E-state index contributed by atoms with van der Waals surface area (Å²) in [6.07, 6.45) is -3.51. The van der Waals surface area contributed by atoms with Crippen LogP contribution in [0.1, 0.15) is 39.6 Å². The van der Waals surface area contributed by atoms with Gasteiger partial charge in [0.05, 0.1) is 22.2 Å². The van der Waals surface area contributed by atoms with Gasteiger partial charge in [-0.25, -0.2) is 9.78 Å². The van der Waals surface area contributed by atoms with E-state index < -0.39 is 17.7 Å². The molecule has 0 amide bonds. The van der Waals surface area contributed by atoms with Crippen molar-refractivity contribution in [2.24, 2.45) is 0 Å². The van der Waals surface area contributed by atoms with E-state index in [0.717, 1.165) is 37.2 Å². The van der Waals surface area contributed by atoms with E-state index >= 15 is 0 Å². The van der Waals surface area contributed by atoms with E-state index in [1.54, 1.807) is 24.3 Å². The van der Waals surface area contributed by atoms with Gasteiger partial charge in [-0.15, -0.1) is 0 Å². The summed E-state index contributed by atoms with van der Waals surface area (Å²) in [6.45, 7) is 2.28. The van der Waals surface area contributed by atoms with E-state index in [1.807, 2.05) is 0 Å². The minimum atomic E-state index is -4.38. The molecule has 2 N–H and O–H groups in total. The van der Waals surface area contributed by atoms with Crippen LogP contribution in [0.15, 0.2) is 42.5 Å². The molecular weight excluding hydrogens is 371 g/mol. The highest BCUT2D eigenvalue weighted by atomic mass is 19.4. The molecular formula is C20H18F3N3O2. The highest BCUT2D eigenvalue weighted by Gasteiger charge is 2.31. The first-order valence-electron chi connectivity index (χ1n) is 8.91. The number of carboxylic acid groups (broad SMARTS) is 1. The van der Waals surface area contributed by atoms with Crippen molar-refractivity contribution in [2.45, 2.75) is 25.1 Å². The summed E-state index contributed by atoms with van der Waals surface area (Å²) in [5.41, 5.74) is 1.51. The Morgan fingerprint density at radius 3 is 2.64 bits per heavy atom. The molecule has 8 heteroatoms. The number of fused-ring (bicyclic) bond motifs is 1. The van der Waals surface area contributed by atoms with Gasteiger partial charge in [-0.2, -0.15) is 13.2 Å². The van der Waals surface area contributed by atoms with Crippen LogP contribution >= 0.6 is 0 Å². The summed E-state index contributed by atoms with van der Waals surface area (Å²) >= 11 is 0. The van der Waals surface area contributed by atoms with Crippen molar-refractivity contribution in [2.75, 3.05) is 13.1 Å². The van der Waals surface area contributed by atoms with E-state index in [1.165, 1.54) is 6.07 Å². The minimum Gasteiger partial charge on any atom is -0.478 e. The largest absolute Gasteiger partial charge is 0.478 e. The first-order valence-corrected chi connectivity index (χ1v) is 8.91. The number of carboxylic acids is 1. The number of hydrogen-bond acceptors (Lipinski definition) is 3. The lowest BCUT2D eigenvalue weighted by Gasteiger charge is -2.15. The number of aromatic amines is 1. The minimum absolute atomic E-state index is 0.125. The standard InChI is InChI=1S/C20H18F3N3O2/c21-20(22,23)15-5-6-16-17(9-15)25-18(24-16)14-7-8-26(11-14)10-12-1-3-13(4-2-12)19(27)28/h1-6,9,14H,7-8,10-11H2,(H,24,25)(H,27,28). The number of halogens is 3. The molecule has 0 radical (unpaired) electrons. The van der Waals surface area contributed by atoms with Gasteiger partial charge in [-0.3, -0.25) is 4.90 Å². The SMILES string of the molecule is O=C(O)c1ccc(CN2CCC(c3nc4ccc(C(F)(F)F)cc4[nH]3)C2)cc1. The number of benzene rings is 2. The quantitative estimate of drug-likeness (QED) is 0.699. The summed E-state index contributed by atoms with van der Waals surface area (Å²) in [6, 6.07) is 10.3. The van der Waals surface area contributed by atoms with Gasteiger partial charge in [-0.1, -0.05) is 12.1 Å². The Morgan fingerprint density at radius 1 is 1.21 bits per heavy atom. The number of aromatic nitrogens is 2. The third-order valence-corrected chi connectivity index (χ3v) is 5.09. The molecule has 4 rings (SSSR count). The maximum Gasteiger partial charge on any atom is 0.416 e. The van der Waals surface area contributed by atoms with Gasteiger partial charge in [0.2, 0.25) is 0 Å². The molecule has 146 valence electrons. The summed E-state index contributed by atoms with van der Waals surface area (Å²) in [4.78, 5) is 20.7. The first-order chi connectivity index (χ1) is 13.3. The van der Waals surface area contributed by atoms with E-state index in [0.29, 0.717) is 23.4 Å². The predicted octanol–water partition coefficient (Wildman–Crippen LogP) is 4.27. The molecule has 1 fully saturated rings. The number of carbonyl (C=O) groups is 1. The molecule has 28 heavy (non-hydrogen) atoms. The molecule has 0 spiro atoms. The van der Waals surface area contributed by atoms with Crippen LogP contribution in [0.5, 0.6) is 0 Å². The molecule has 0 bridgehead atoms. The van der Waals surface area contributed by atoms with Crippen molar-refractivity contribution in [1.29, 1.82) is 0 Å². The normalized spacial score (nSPS) is 18.0. The average Bonchev–Trinajstić information content (AvgIpc) is 3.27. The molecule has 0 aliphatic carbocycles. The maximum atomic E-state index is 12.9. The molecule has 1 aliphatic heterocycles. The number of rotatable bonds is 4. The second-order valence-corrected chi connectivity index (χ2v) is 7.07. The summed E-state index contributed by atoms with van der Waals surface area (Å²) in [7, 11) is 0. The first kappa shape index (κ1) is 18.5. The van der Waals surface area contributed by atoms with E-state index in [9.17, 15) is 18.0 Å². The van der Waals surface area contributed by atoms with Crippen LogP contribution in [-0.4, -0.2) is 39.0 Å². The highest BCUT2D eigenvalue weighted by Crippen LogP contribution is 2.32. The van der Waals surface area contributed by atoms with Crippen LogP contribution in [0.4, 0.5) is 13.2 Å². The van der Waals surface area contributed by atoms with Gasteiger partial charge in [-0.05, 0) is 48.9 Å². The van der Waals surface area contributed by atoms with Crippen LogP contribution in [0.2, 0.25) is 0 Å². The number of H-pyrrole nitrogens is 1. The maximum absolute atomic E-state index is 12.9. The Kier molecular flexibility index (Phi) is 4.58. The third-order valence-electron chi connectivity index (χ3n) is 5.09. The number of imidazole rings is 1. The molecule has 5 nitrogen and oxygen atoms in total. The van der Waals surface area contributed by atoms with Gasteiger partial charge in [0.15, 0.2) is 0 Å². The van der Waals surface area contributed by atoms with Crippen molar-refractivity contribution in [3.63, 3.8) is 0 Å². The number of nitrogens with one attached hydrogen (secondary N) is 1. The van der Waals surface area contributed by atoms with Crippen molar-refractivity contribution < 1.29 is 23.1 Å². The van der Waals surface area contributed by atoms with Crippen molar-refractivity contribution in [3.05, 3.63) is 65.0 Å². The fraction of sp³-hybridized carbons (Fsp3) is 0.300. The summed E-state index contributed by atoms with van der Waals surface area (Å²) in [5, 5.41) is 8.96. The van der Waals surface area contributed by atoms with Crippen molar-refractivity contribution in [3.8, 4) is 0 Å². The Hall–Kier alpha value is -2.87. The molecule has 0 saturated carbocycles. The second-order valence-electron chi connectivity index (χ2n) is 7.07. The van der Waals surface area contributed by atoms with Crippen LogP contribution in [0, 0.1) is 0 Å². The van der Waals surface area contributed by atoms with Gasteiger partial charge in [0.1, 0.15) is 5.82 Å². The molecule has 2 heterocycles. The zero-order valence-corrected chi connectivity index (χ0v) is 14.8. The van der Waals surface area contributed by atoms with E-state index in [-0.39, 0.29) is 11.5 Å². The van der Waals surface area contributed by atoms with E-state index in [4.69, 9.17) is 5.11 Å². The van der Waals surface area contributed by atoms with Crippen molar-refractivity contribution in [1.82, 2.24) is 14.9 Å². The number of nitrogens with zero attached hydrogens (tertiary/aromatic N) is 2. The lowest BCUT2D eigenvalue weighted by molar-refractivity contribution is -0.137.